The van der Waals surface area contributed by atoms with Crippen LogP contribution in [0.2, 0.25) is 0 Å². The quantitative estimate of drug-likeness (QED) is 0.644. The van der Waals surface area contributed by atoms with Crippen LogP contribution in [0.25, 0.3) is 0 Å². The molecule has 2 rings (SSSR count). The van der Waals surface area contributed by atoms with Gasteiger partial charge in [-0.15, -0.1) is 0 Å². The zero-order chi connectivity index (χ0) is 22.1. The molecule has 30 heavy (non-hydrogen) atoms. The third kappa shape index (κ3) is 7.01. The number of carbonyl (C=O) groups is 2. The Hall–Kier alpha value is -2.62. The minimum Gasteiger partial charge on any atom is -0.354 e. The van der Waals surface area contributed by atoms with E-state index in [-0.39, 0.29) is 17.2 Å². The molecule has 0 aliphatic heterocycles. The van der Waals surface area contributed by atoms with E-state index in [0.717, 1.165) is 17.5 Å². The molecule has 0 radical (unpaired) electrons. The zero-order valence-electron chi connectivity index (χ0n) is 19.1. The molecule has 0 spiro atoms. The summed E-state index contributed by atoms with van der Waals surface area (Å²) in [5, 5.41) is 2.91. The van der Waals surface area contributed by atoms with E-state index in [2.05, 4.69) is 50.4 Å². The second-order valence-electron chi connectivity index (χ2n) is 8.92. The average molecular weight is 409 g/mol. The molecule has 0 fully saturated rings. The first-order valence-corrected chi connectivity index (χ1v) is 10.9. The number of benzene rings is 2. The fourth-order valence-corrected chi connectivity index (χ4v) is 3.32. The standard InChI is InChI=1S/C26H36N2O2/c1-6-18-27-25(30)20(2)28(19-22-10-8-7-9-11-22)24(29)17-14-21-12-15-23(16-13-21)26(3,4)5/h7-13,15-16,20H,6,14,17-19H2,1-5H3,(H,27,30)/t20-/m1/s1. The Morgan fingerprint density at radius 3 is 2.17 bits per heavy atom. The first-order chi connectivity index (χ1) is 14.2. The minimum absolute atomic E-state index is 0.00194. The lowest BCUT2D eigenvalue weighted by molar-refractivity contribution is -0.140. The van der Waals surface area contributed by atoms with E-state index < -0.39 is 6.04 Å². The van der Waals surface area contributed by atoms with E-state index in [1.54, 1.807) is 4.90 Å². The predicted molar refractivity (Wildman–Crippen MR) is 123 cm³/mol. The number of aryl methyl sites for hydroxylation is 1. The summed E-state index contributed by atoms with van der Waals surface area (Å²) in [6, 6.07) is 17.8. The van der Waals surface area contributed by atoms with E-state index >= 15 is 0 Å². The van der Waals surface area contributed by atoms with Crippen molar-refractivity contribution in [2.75, 3.05) is 6.54 Å². The molecule has 0 heterocycles. The summed E-state index contributed by atoms with van der Waals surface area (Å²) in [5.41, 5.74) is 3.56. The molecule has 0 aromatic heterocycles. The SMILES string of the molecule is CCCNC(=O)[C@@H](C)N(Cc1ccccc1)C(=O)CCc1ccc(C(C)(C)C)cc1. The summed E-state index contributed by atoms with van der Waals surface area (Å²) in [6.45, 7) is 11.5. The number of hydrogen-bond donors (Lipinski definition) is 1. The molecule has 1 N–H and O–H groups in total. The van der Waals surface area contributed by atoms with Gasteiger partial charge in [-0.2, -0.15) is 0 Å². The molecule has 0 aliphatic rings. The number of amides is 2. The third-order valence-corrected chi connectivity index (χ3v) is 5.36. The Labute approximate surface area is 181 Å². The van der Waals surface area contributed by atoms with Crippen LogP contribution in [0.5, 0.6) is 0 Å². The molecule has 0 saturated heterocycles. The highest BCUT2D eigenvalue weighted by molar-refractivity contribution is 5.87. The molecule has 1 atom stereocenters. The van der Waals surface area contributed by atoms with Gasteiger partial charge in [-0.25, -0.2) is 0 Å². The maximum atomic E-state index is 13.1. The van der Waals surface area contributed by atoms with Gasteiger partial charge >= 0.3 is 0 Å². The number of nitrogens with one attached hydrogen (secondary N) is 1. The van der Waals surface area contributed by atoms with Gasteiger partial charge in [0.2, 0.25) is 11.8 Å². The third-order valence-electron chi connectivity index (χ3n) is 5.36. The average Bonchev–Trinajstić information content (AvgIpc) is 2.74. The van der Waals surface area contributed by atoms with Crippen LogP contribution in [-0.4, -0.2) is 29.3 Å². The van der Waals surface area contributed by atoms with Crippen LogP contribution in [0, 0.1) is 0 Å². The van der Waals surface area contributed by atoms with Crippen molar-refractivity contribution in [3.63, 3.8) is 0 Å². The lowest BCUT2D eigenvalue weighted by atomic mass is 9.86. The summed E-state index contributed by atoms with van der Waals surface area (Å²) in [4.78, 5) is 27.3. The van der Waals surface area contributed by atoms with Gasteiger partial charge in [-0.3, -0.25) is 9.59 Å². The van der Waals surface area contributed by atoms with Gasteiger partial charge in [0.05, 0.1) is 0 Å². The maximum Gasteiger partial charge on any atom is 0.242 e. The Morgan fingerprint density at radius 2 is 1.60 bits per heavy atom. The summed E-state index contributed by atoms with van der Waals surface area (Å²) in [7, 11) is 0. The molecule has 2 amide bonds. The number of rotatable bonds is 9. The van der Waals surface area contributed by atoms with Gasteiger partial charge in [0.15, 0.2) is 0 Å². The molecule has 2 aromatic rings. The fraction of sp³-hybridized carbons (Fsp3) is 0.462. The van der Waals surface area contributed by atoms with Crippen LogP contribution < -0.4 is 5.32 Å². The van der Waals surface area contributed by atoms with E-state index in [1.165, 1.54) is 5.56 Å². The second-order valence-corrected chi connectivity index (χ2v) is 8.92. The predicted octanol–water partition coefficient (Wildman–Crippen LogP) is 4.86. The van der Waals surface area contributed by atoms with E-state index in [4.69, 9.17) is 0 Å². The molecule has 0 saturated carbocycles. The van der Waals surface area contributed by atoms with Gasteiger partial charge in [0.1, 0.15) is 6.04 Å². The van der Waals surface area contributed by atoms with Crippen LogP contribution in [0.4, 0.5) is 0 Å². The monoisotopic (exact) mass is 408 g/mol. The lowest BCUT2D eigenvalue weighted by Crippen LogP contribution is -2.47. The van der Waals surface area contributed by atoms with Crippen molar-refractivity contribution in [1.82, 2.24) is 10.2 Å². The molecule has 0 aliphatic carbocycles. The lowest BCUT2D eigenvalue weighted by Gasteiger charge is -2.29. The zero-order valence-corrected chi connectivity index (χ0v) is 19.1. The Balaban J connectivity index is 2.08. The normalized spacial score (nSPS) is 12.3. The van der Waals surface area contributed by atoms with Crippen LogP contribution in [0.3, 0.4) is 0 Å². The van der Waals surface area contributed by atoms with Crippen LogP contribution in [0.15, 0.2) is 54.6 Å². The molecular weight excluding hydrogens is 372 g/mol. The molecule has 4 nitrogen and oxygen atoms in total. The van der Waals surface area contributed by atoms with Gasteiger partial charge in [0, 0.05) is 19.5 Å². The summed E-state index contributed by atoms with van der Waals surface area (Å²) in [6.07, 6.45) is 1.92. The van der Waals surface area contributed by atoms with E-state index in [9.17, 15) is 9.59 Å². The fourth-order valence-electron chi connectivity index (χ4n) is 3.32. The first-order valence-electron chi connectivity index (χ1n) is 10.9. The van der Waals surface area contributed by atoms with Crippen LogP contribution in [-0.2, 0) is 28.0 Å². The first kappa shape index (κ1) is 23.7. The highest BCUT2D eigenvalue weighted by atomic mass is 16.2. The van der Waals surface area contributed by atoms with Gasteiger partial charge in [-0.05, 0) is 41.9 Å². The summed E-state index contributed by atoms with van der Waals surface area (Å²) < 4.78 is 0. The molecule has 2 aromatic carbocycles. The van der Waals surface area contributed by atoms with E-state index in [0.29, 0.717) is 25.9 Å². The Morgan fingerprint density at radius 1 is 0.967 bits per heavy atom. The molecule has 0 bridgehead atoms. The summed E-state index contributed by atoms with van der Waals surface area (Å²) >= 11 is 0. The van der Waals surface area contributed by atoms with Crippen molar-refractivity contribution in [1.29, 1.82) is 0 Å². The minimum atomic E-state index is -0.507. The molecule has 0 unspecified atom stereocenters. The van der Waals surface area contributed by atoms with Crippen molar-refractivity contribution in [2.24, 2.45) is 0 Å². The number of hydrogen-bond acceptors (Lipinski definition) is 2. The van der Waals surface area contributed by atoms with Gasteiger partial charge < -0.3 is 10.2 Å². The van der Waals surface area contributed by atoms with Gasteiger partial charge in [0.25, 0.3) is 0 Å². The van der Waals surface area contributed by atoms with Crippen molar-refractivity contribution in [3.05, 3.63) is 71.3 Å². The number of nitrogens with zero attached hydrogens (tertiary/aromatic N) is 1. The van der Waals surface area contributed by atoms with Crippen molar-refractivity contribution < 1.29 is 9.59 Å². The Bertz CT molecular complexity index is 807. The maximum absolute atomic E-state index is 13.1. The molecular formula is C26H36N2O2. The number of carbonyl (C=O) groups excluding carboxylic acids is 2. The van der Waals surface area contributed by atoms with Crippen molar-refractivity contribution in [3.8, 4) is 0 Å². The van der Waals surface area contributed by atoms with E-state index in [1.807, 2.05) is 44.2 Å². The van der Waals surface area contributed by atoms with Crippen LogP contribution in [0.1, 0.15) is 64.2 Å². The summed E-state index contributed by atoms with van der Waals surface area (Å²) in [5.74, 6) is -0.103. The van der Waals surface area contributed by atoms with Crippen molar-refractivity contribution in [2.45, 2.75) is 71.9 Å². The second kappa shape index (κ2) is 11.0. The topological polar surface area (TPSA) is 49.4 Å². The smallest absolute Gasteiger partial charge is 0.242 e. The Kier molecular flexibility index (Phi) is 8.64. The van der Waals surface area contributed by atoms with Crippen molar-refractivity contribution >= 4 is 11.8 Å². The molecule has 162 valence electrons. The van der Waals surface area contributed by atoms with Gasteiger partial charge in [-0.1, -0.05) is 82.3 Å². The largest absolute Gasteiger partial charge is 0.354 e. The highest BCUT2D eigenvalue weighted by Crippen LogP contribution is 2.22. The molecule has 4 heteroatoms. The van der Waals surface area contributed by atoms with Crippen LogP contribution >= 0.6 is 0 Å². The highest BCUT2D eigenvalue weighted by Gasteiger charge is 2.25.